The van der Waals surface area contributed by atoms with Crippen LogP contribution in [0.3, 0.4) is 0 Å². The lowest BCUT2D eigenvalue weighted by molar-refractivity contribution is -0.130. The van der Waals surface area contributed by atoms with E-state index in [1.54, 1.807) is 0 Å². The second-order valence-corrected chi connectivity index (χ2v) is 2.86. The molecule has 0 spiro atoms. The molecular formula is C7H13N3O2. The van der Waals surface area contributed by atoms with Crippen molar-refractivity contribution in [2.45, 2.75) is 13.3 Å². The maximum Gasteiger partial charge on any atom is 0.242 e. The Morgan fingerprint density at radius 1 is 1.42 bits per heavy atom. The van der Waals surface area contributed by atoms with Crippen molar-refractivity contribution in [3.05, 3.63) is 0 Å². The highest BCUT2D eigenvalue weighted by molar-refractivity contribution is 5.82. The van der Waals surface area contributed by atoms with Crippen LogP contribution in [0.2, 0.25) is 0 Å². The SMILES string of the molecule is CC(=O)NNC(=O)[C@@H]1CCNC1. The van der Waals surface area contributed by atoms with E-state index in [4.69, 9.17) is 0 Å². The highest BCUT2D eigenvalue weighted by Crippen LogP contribution is 2.05. The Balaban J connectivity index is 2.23. The third kappa shape index (κ3) is 2.50. The summed E-state index contributed by atoms with van der Waals surface area (Å²) in [5.41, 5.74) is 4.60. The van der Waals surface area contributed by atoms with Crippen molar-refractivity contribution in [3.8, 4) is 0 Å². The van der Waals surface area contributed by atoms with E-state index < -0.39 is 0 Å². The largest absolute Gasteiger partial charge is 0.316 e. The molecule has 1 atom stereocenters. The van der Waals surface area contributed by atoms with Crippen LogP contribution in [0.15, 0.2) is 0 Å². The molecule has 0 radical (unpaired) electrons. The van der Waals surface area contributed by atoms with E-state index in [1.807, 2.05) is 0 Å². The van der Waals surface area contributed by atoms with Gasteiger partial charge in [-0.25, -0.2) is 0 Å². The van der Waals surface area contributed by atoms with E-state index in [0.29, 0.717) is 6.54 Å². The fraction of sp³-hybridized carbons (Fsp3) is 0.714. The number of hydrazine groups is 1. The number of nitrogens with one attached hydrogen (secondary N) is 3. The number of rotatable bonds is 1. The summed E-state index contributed by atoms with van der Waals surface area (Å²) in [6.45, 7) is 2.93. The van der Waals surface area contributed by atoms with Crippen LogP contribution in [0.25, 0.3) is 0 Å². The molecule has 1 heterocycles. The zero-order chi connectivity index (χ0) is 8.97. The van der Waals surface area contributed by atoms with Crippen LogP contribution in [0, 0.1) is 5.92 Å². The first kappa shape index (κ1) is 8.99. The first-order valence-corrected chi connectivity index (χ1v) is 3.97. The summed E-state index contributed by atoms with van der Waals surface area (Å²) < 4.78 is 0. The fourth-order valence-corrected chi connectivity index (χ4v) is 1.13. The van der Waals surface area contributed by atoms with Gasteiger partial charge in [-0.3, -0.25) is 20.4 Å². The lowest BCUT2D eigenvalue weighted by atomic mass is 10.1. The average molecular weight is 171 g/mol. The van der Waals surface area contributed by atoms with Gasteiger partial charge in [-0.1, -0.05) is 0 Å². The van der Waals surface area contributed by atoms with E-state index in [0.717, 1.165) is 13.0 Å². The zero-order valence-electron chi connectivity index (χ0n) is 7.02. The lowest BCUT2D eigenvalue weighted by Crippen LogP contribution is -2.44. The summed E-state index contributed by atoms with van der Waals surface area (Å²) >= 11 is 0. The molecule has 0 aliphatic carbocycles. The summed E-state index contributed by atoms with van der Waals surface area (Å²) in [5.74, 6) is -0.374. The Morgan fingerprint density at radius 2 is 2.17 bits per heavy atom. The predicted octanol–water partition coefficient (Wildman–Crippen LogP) is -1.24. The second-order valence-electron chi connectivity index (χ2n) is 2.86. The van der Waals surface area contributed by atoms with Crippen LogP contribution >= 0.6 is 0 Å². The van der Waals surface area contributed by atoms with E-state index >= 15 is 0 Å². The van der Waals surface area contributed by atoms with Crippen LogP contribution in [-0.2, 0) is 9.59 Å². The molecule has 2 amide bonds. The molecule has 0 aromatic rings. The minimum atomic E-state index is -0.255. The molecule has 0 aromatic heterocycles. The Bertz CT molecular complexity index is 187. The summed E-state index contributed by atoms with van der Waals surface area (Å²) in [5, 5.41) is 3.07. The van der Waals surface area contributed by atoms with E-state index in [9.17, 15) is 9.59 Å². The third-order valence-corrected chi connectivity index (χ3v) is 1.79. The monoisotopic (exact) mass is 171 g/mol. The molecule has 3 N–H and O–H groups in total. The molecule has 12 heavy (non-hydrogen) atoms. The van der Waals surface area contributed by atoms with Gasteiger partial charge in [0.15, 0.2) is 0 Å². The summed E-state index contributed by atoms with van der Waals surface area (Å²) in [7, 11) is 0. The Kier molecular flexibility index (Phi) is 3.04. The van der Waals surface area contributed by atoms with Gasteiger partial charge >= 0.3 is 0 Å². The fourth-order valence-electron chi connectivity index (χ4n) is 1.13. The molecule has 5 nitrogen and oxygen atoms in total. The molecule has 68 valence electrons. The lowest BCUT2D eigenvalue weighted by Gasteiger charge is -2.08. The number of hydrogen-bond donors (Lipinski definition) is 3. The number of amides is 2. The summed E-state index contributed by atoms with van der Waals surface area (Å²) in [6.07, 6.45) is 0.839. The minimum Gasteiger partial charge on any atom is -0.316 e. The van der Waals surface area contributed by atoms with Gasteiger partial charge in [0.25, 0.3) is 0 Å². The van der Waals surface area contributed by atoms with Crippen LogP contribution < -0.4 is 16.2 Å². The van der Waals surface area contributed by atoms with Gasteiger partial charge in [-0.2, -0.15) is 0 Å². The second kappa shape index (κ2) is 4.06. The van der Waals surface area contributed by atoms with Crippen LogP contribution in [0.1, 0.15) is 13.3 Å². The average Bonchev–Trinajstić information content (AvgIpc) is 2.51. The van der Waals surface area contributed by atoms with Crippen molar-refractivity contribution in [1.82, 2.24) is 16.2 Å². The number of carbonyl (C=O) groups is 2. The topological polar surface area (TPSA) is 70.2 Å². The van der Waals surface area contributed by atoms with Gasteiger partial charge in [-0.05, 0) is 13.0 Å². The van der Waals surface area contributed by atoms with Gasteiger partial charge in [0, 0.05) is 13.5 Å². The van der Waals surface area contributed by atoms with Gasteiger partial charge in [0.2, 0.25) is 11.8 Å². The molecule has 5 heteroatoms. The van der Waals surface area contributed by atoms with Crippen molar-refractivity contribution < 1.29 is 9.59 Å². The van der Waals surface area contributed by atoms with Crippen molar-refractivity contribution in [2.75, 3.05) is 13.1 Å². The molecule has 1 fully saturated rings. The van der Waals surface area contributed by atoms with Crippen molar-refractivity contribution in [1.29, 1.82) is 0 Å². The molecule has 1 rings (SSSR count). The highest BCUT2D eigenvalue weighted by atomic mass is 16.2. The summed E-state index contributed by atoms with van der Waals surface area (Å²) in [4.78, 5) is 21.6. The first-order chi connectivity index (χ1) is 5.70. The number of carbonyl (C=O) groups excluding carboxylic acids is 2. The molecule has 1 saturated heterocycles. The smallest absolute Gasteiger partial charge is 0.242 e. The maximum atomic E-state index is 11.2. The van der Waals surface area contributed by atoms with Crippen molar-refractivity contribution in [2.24, 2.45) is 5.92 Å². The normalized spacial score (nSPS) is 21.9. The molecule has 0 bridgehead atoms. The number of hydrogen-bond acceptors (Lipinski definition) is 3. The predicted molar refractivity (Wildman–Crippen MR) is 42.9 cm³/mol. The van der Waals surface area contributed by atoms with Crippen LogP contribution in [0.4, 0.5) is 0 Å². The zero-order valence-corrected chi connectivity index (χ0v) is 7.02. The minimum absolute atomic E-state index is 0.00292. The van der Waals surface area contributed by atoms with Gasteiger partial charge in [-0.15, -0.1) is 0 Å². The molecule has 1 aliphatic heterocycles. The highest BCUT2D eigenvalue weighted by Gasteiger charge is 2.21. The molecule has 1 aliphatic rings. The maximum absolute atomic E-state index is 11.2. The Morgan fingerprint density at radius 3 is 2.67 bits per heavy atom. The Labute approximate surface area is 70.9 Å². The first-order valence-electron chi connectivity index (χ1n) is 3.97. The molecule has 0 saturated carbocycles. The molecule has 0 unspecified atom stereocenters. The van der Waals surface area contributed by atoms with E-state index in [1.165, 1.54) is 6.92 Å². The van der Waals surface area contributed by atoms with E-state index in [-0.39, 0.29) is 17.7 Å². The Hall–Kier alpha value is -1.10. The van der Waals surface area contributed by atoms with Crippen LogP contribution in [0.5, 0.6) is 0 Å². The van der Waals surface area contributed by atoms with E-state index in [2.05, 4.69) is 16.2 Å². The van der Waals surface area contributed by atoms with Crippen molar-refractivity contribution in [3.63, 3.8) is 0 Å². The molecule has 0 aromatic carbocycles. The third-order valence-electron chi connectivity index (χ3n) is 1.79. The van der Waals surface area contributed by atoms with Gasteiger partial charge < -0.3 is 5.32 Å². The van der Waals surface area contributed by atoms with Crippen LogP contribution in [-0.4, -0.2) is 24.9 Å². The van der Waals surface area contributed by atoms with Gasteiger partial charge in [0.05, 0.1) is 5.92 Å². The standard InChI is InChI=1S/C7H13N3O2/c1-5(11)9-10-7(12)6-2-3-8-4-6/h6,8H,2-4H2,1H3,(H,9,11)(H,10,12)/t6-/m1/s1. The van der Waals surface area contributed by atoms with Crippen molar-refractivity contribution >= 4 is 11.8 Å². The quantitative estimate of drug-likeness (QED) is 0.432. The van der Waals surface area contributed by atoms with Gasteiger partial charge in [0.1, 0.15) is 0 Å². The summed E-state index contributed by atoms with van der Waals surface area (Å²) in [6, 6.07) is 0. The molecular weight excluding hydrogens is 158 g/mol.